The molecule has 2 N–H and O–H groups in total. The van der Waals surface area contributed by atoms with Crippen LogP contribution in [0.3, 0.4) is 0 Å². The van der Waals surface area contributed by atoms with E-state index >= 15 is 0 Å². The number of carbonyl (C=O) groups is 3. The average Bonchev–Trinajstić information content (AvgIpc) is 3.31. The number of anilines is 2. The maximum absolute atomic E-state index is 14.8. The minimum absolute atomic E-state index is 0.0666. The number of hydrogen-bond donors (Lipinski definition) is 2. The molecule has 186 valence electrons. The number of urea groups is 1. The fourth-order valence-electron chi connectivity index (χ4n) is 3.87. The molecule has 0 bridgehead atoms. The van der Waals surface area contributed by atoms with Crippen molar-refractivity contribution in [3.05, 3.63) is 93.6 Å². The Bertz CT molecular complexity index is 1360. The first-order chi connectivity index (χ1) is 17.3. The van der Waals surface area contributed by atoms with Crippen molar-refractivity contribution >= 4 is 40.8 Å². The number of benzene rings is 2. The van der Waals surface area contributed by atoms with Gasteiger partial charge in [0.15, 0.2) is 0 Å². The summed E-state index contributed by atoms with van der Waals surface area (Å²) in [5.74, 6) is -2.18. The molecule has 1 fully saturated rings. The molecule has 36 heavy (non-hydrogen) atoms. The lowest BCUT2D eigenvalue weighted by molar-refractivity contribution is -0.119. The number of methoxy groups -OCH3 is 1. The van der Waals surface area contributed by atoms with E-state index in [0.717, 1.165) is 10.6 Å². The second-order valence-corrected chi connectivity index (χ2v) is 8.53. The Morgan fingerprint density at radius 2 is 1.81 bits per heavy atom. The van der Waals surface area contributed by atoms with Gasteiger partial charge in [-0.3, -0.25) is 14.4 Å². The van der Waals surface area contributed by atoms with Crippen LogP contribution in [0, 0.1) is 5.82 Å². The molecule has 2 atom stereocenters. The first-order valence-corrected chi connectivity index (χ1v) is 11.3. The summed E-state index contributed by atoms with van der Waals surface area (Å²) < 4.78 is 21.0. The van der Waals surface area contributed by atoms with Gasteiger partial charge in [-0.15, -0.1) is 0 Å². The van der Waals surface area contributed by atoms with Gasteiger partial charge in [0.05, 0.1) is 11.8 Å². The highest BCUT2D eigenvalue weighted by atomic mass is 35.5. The molecular formula is C25H22ClFN4O5. The lowest BCUT2D eigenvalue weighted by Gasteiger charge is -2.24. The van der Waals surface area contributed by atoms with Gasteiger partial charge in [-0.2, -0.15) is 0 Å². The Morgan fingerprint density at radius 3 is 2.47 bits per heavy atom. The first kappa shape index (κ1) is 25.1. The van der Waals surface area contributed by atoms with Crippen LogP contribution in [0.25, 0.3) is 0 Å². The van der Waals surface area contributed by atoms with Gasteiger partial charge in [-0.05, 0) is 48.5 Å². The lowest BCUT2D eigenvalue weighted by Crippen LogP contribution is -2.45. The van der Waals surface area contributed by atoms with Crippen LogP contribution in [-0.4, -0.2) is 53.1 Å². The number of carbonyl (C=O) groups excluding carboxylic acids is 3. The number of hydrogen-bond acceptors (Lipinski definition) is 5. The van der Waals surface area contributed by atoms with Crippen molar-refractivity contribution in [3.8, 4) is 0 Å². The monoisotopic (exact) mass is 512 g/mol. The molecule has 0 spiro atoms. The minimum atomic E-state index is -0.925. The predicted molar refractivity (Wildman–Crippen MR) is 132 cm³/mol. The summed E-state index contributed by atoms with van der Waals surface area (Å²) in [7, 11) is 1.48. The Kier molecular flexibility index (Phi) is 7.47. The fraction of sp³-hybridized carbons (Fsp3) is 0.200. The van der Waals surface area contributed by atoms with Gasteiger partial charge in [0.25, 0.3) is 11.5 Å². The van der Waals surface area contributed by atoms with E-state index < -0.39 is 35.3 Å². The Hall–Kier alpha value is -4.02. The summed E-state index contributed by atoms with van der Waals surface area (Å²) in [4.78, 5) is 51.7. The molecule has 11 heteroatoms. The third-order valence-corrected chi connectivity index (χ3v) is 6.02. The molecule has 1 aliphatic heterocycles. The smallest absolute Gasteiger partial charge is 0.322 e. The number of aromatic nitrogens is 1. The summed E-state index contributed by atoms with van der Waals surface area (Å²) >= 11 is 5.88. The van der Waals surface area contributed by atoms with E-state index in [9.17, 15) is 23.6 Å². The van der Waals surface area contributed by atoms with Gasteiger partial charge >= 0.3 is 6.03 Å². The van der Waals surface area contributed by atoms with Gasteiger partial charge in [0.2, 0.25) is 5.91 Å². The highest BCUT2D eigenvalue weighted by Gasteiger charge is 2.40. The largest absolute Gasteiger partial charge is 0.380 e. The van der Waals surface area contributed by atoms with Crippen LogP contribution in [0.4, 0.5) is 20.6 Å². The quantitative estimate of drug-likeness (QED) is 0.543. The number of nitrogens with one attached hydrogen (secondary N) is 2. The summed E-state index contributed by atoms with van der Waals surface area (Å²) in [6.45, 7) is 0.162. The fourth-order valence-corrected chi connectivity index (χ4v) is 4.00. The van der Waals surface area contributed by atoms with E-state index in [2.05, 4.69) is 10.6 Å². The Labute approximate surface area is 210 Å². The highest BCUT2D eigenvalue weighted by Crippen LogP contribution is 2.24. The van der Waals surface area contributed by atoms with Crippen LogP contribution < -0.4 is 16.2 Å². The molecule has 4 rings (SSSR count). The normalized spacial score (nSPS) is 17.0. The Morgan fingerprint density at radius 1 is 1.06 bits per heavy atom. The van der Waals surface area contributed by atoms with Crippen molar-refractivity contribution in [1.29, 1.82) is 0 Å². The SMILES string of the molecule is CO[C@@H]1C[C@H](C(=O)Nc2ccc(C(=O)n3ccccc3=O)cc2F)N(C(=O)Nc2ccc(Cl)cc2)C1. The molecule has 0 radical (unpaired) electrons. The van der Waals surface area contributed by atoms with E-state index in [1.807, 2.05) is 0 Å². The maximum Gasteiger partial charge on any atom is 0.322 e. The lowest BCUT2D eigenvalue weighted by atomic mass is 10.1. The molecular weight excluding hydrogens is 491 g/mol. The molecule has 3 amide bonds. The Balaban J connectivity index is 1.49. The average molecular weight is 513 g/mol. The minimum Gasteiger partial charge on any atom is -0.380 e. The van der Waals surface area contributed by atoms with E-state index in [-0.39, 0.29) is 30.3 Å². The number of halogens is 2. The molecule has 2 aromatic carbocycles. The molecule has 1 saturated heterocycles. The number of likely N-dealkylation sites (tertiary alicyclic amines) is 1. The third-order valence-electron chi connectivity index (χ3n) is 5.77. The molecule has 0 saturated carbocycles. The van der Waals surface area contributed by atoms with E-state index in [1.54, 1.807) is 24.3 Å². The number of ether oxygens (including phenoxy) is 1. The van der Waals surface area contributed by atoms with Crippen LogP contribution in [0.5, 0.6) is 0 Å². The summed E-state index contributed by atoms with van der Waals surface area (Å²) in [6, 6.07) is 12.7. The van der Waals surface area contributed by atoms with Crippen LogP contribution in [0.15, 0.2) is 71.7 Å². The van der Waals surface area contributed by atoms with Gasteiger partial charge in [0, 0.05) is 48.6 Å². The molecule has 1 aromatic heterocycles. The molecule has 3 aromatic rings. The molecule has 0 unspecified atom stereocenters. The van der Waals surface area contributed by atoms with Crippen LogP contribution in [0.1, 0.15) is 16.8 Å². The number of pyridine rings is 1. The van der Waals surface area contributed by atoms with E-state index in [0.29, 0.717) is 10.7 Å². The zero-order chi connectivity index (χ0) is 25.8. The predicted octanol–water partition coefficient (Wildman–Crippen LogP) is 3.59. The van der Waals surface area contributed by atoms with Crippen LogP contribution >= 0.6 is 11.6 Å². The van der Waals surface area contributed by atoms with Crippen molar-refractivity contribution < 1.29 is 23.5 Å². The zero-order valence-electron chi connectivity index (χ0n) is 19.1. The summed E-state index contributed by atoms with van der Waals surface area (Å²) in [5, 5.41) is 5.70. The highest BCUT2D eigenvalue weighted by molar-refractivity contribution is 6.30. The topological polar surface area (TPSA) is 110 Å². The molecule has 9 nitrogen and oxygen atoms in total. The summed E-state index contributed by atoms with van der Waals surface area (Å²) in [5.41, 5.74) is -0.293. The first-order valence-electron chi connectivity index (χ1n) is 11.0. The molecule has 0 aliphatic carbocycles. The molecule has 2 heterocycles. The van der Waals surface area contributed by atoms with Crippen LogP contribution in [0.2, 0.25) is 5.02 Å². The van der Waals surface area contributed by atoms with Crippen molar-refractivity contribution in [3.63, 3.8) is 0 Å². The number of amides is 3. The third kappa shape index (κ3) is 5.45. The van der Waals surface area contributed by atoms with Crippen molar-refractivity contribution in [2.75, 3.05) is 24.3 Å². The second kappa shape index (κ2) is 10.7. The zero-order valence-corrected chi connectivity index (χ0v) is 19.9. The summed E-state index contributed by atoms with van der Waals surface area (Å²) in [6.07, 6.45) is 1.12. The van der Waals surface area contributed by atoms with Gasteiger partial charge in [0.1, 0.15) is 11.9 Å². The van der Waals surface area contributed by atoms with Gasteiger partial charge < -0.3 is 20.3 Å². The van der Waals surface area contributed by atoms with Crippen LogP contribution in [-0.2, 0) is 9.53 Å². The van der Waals surface area contributed by atoms with Crippen molar-refractivity contribution in [2.24, 2.45) is 0 Å². The molecule has 1 aliphatic rings. The van der Waals surface area contributed by atoms with E-state index in [1.165, 1.54) is 48.5 Å². The van der Waals surface area contributed by atoms with Crippen molar-refractivity contribution in [1.82, 2.24) is 9.47 Å². The second-order valence-electron chi connectivity index (χ2n) is 8.10. The van der Waals surface area contributed by atoms with Crippen molar-refractivity contribution in [2.45, 2.75) is 18.6 Å². The van der Waals surface area contributed by atoms with Gasteiger partial charge in [-0.1, -0.05) is 17.7 Å². The van der Waals surface area contributed by atoms with Gasteiger partial charge in [-0.25, -0.2) is 13.8 Å². The standard InChI is InChI=1S/C25H22ClFN4O5/c1-36-18-13-21(31(14-18)25(35)28-17-8-6-16(26)7-9-17)23(33)29-20-10-5-15(12-19(20)27)24(34)30-11-3-2-4-22(30)32/h2-12,18,21H,13-14H2,1H3,(H,28,35)(H,29,33)/t18-,21-/m1/s1. The number of rotatable bonds is 5. The van der Waals surface area contributed by atoms with E-state index in [4.69, 9.17) is 16.3 Å². The number of nitrogens with zero attached hydrogens (tertiary/aromatic N) is 2. The maximum atomic E-state index is 14.8.